The summed E-state index contributed by atoms with van der Waals surface area (Å²) < 4.78 is 5.64. The van der Waals surface area contributed by atoms with E-state index in [-0.39, 0.29) is 0 Å². The number of carbonyl (C=O) groups excluding carboxylic acids is 1. The highest BCUT2D eigenvalue weighted by molar-refractivity contribution is 5.75. The Morgan fingerprint density at radius 2 is 1.52 bits per heavy atom. The predicted molar refractivity (Wildman–Crippen MR) is 86.0 cm³/mol. The van der Waals surface area contributed by atoms with Gasteiger partial charge in [-0.15, -0.1) is 0 Å². The maximum Gasteiger partial charge on any atom is 0.150 e. The lowest BCUT2D eigenvalue weighted by atomic mass is 10.1. The Morgan fingerprint density at radius 3 is 2.14 bits per heavy atom. The topological polar surface area (TPSA) is 46.5 Å². The van der Waals surface area contributed by atoms with Crippen LogP contribution in [0.2, 0.25) is 0 Å². The van der Waals surface area contributed by atoms with E-state index in [4.69, 9.17) is 9.84 Å². The lowest BCUT2D eigenvalue weighted by Gasteiger charge is -2.06. The summed E-state index contributed by atoms with van der Waals surface area (Å²) in [5.74, 6) is 0.781. The maximum absolute atomic E-state index is 10.7. The van der Waals surface area contributed by atoms with E-state index in [1.165, 1.54) is 38.5 Å². The van der Waals surface area contributed by atoms with Gasteiger partial charge in [0.2, 0.25) is 0 Å². The highest BCUT2D eigenvalue weighted by Crippen LogP contribution is 2.13. The second kappa shape index (κ2) is 12.4. The quantitative estimate of drug-likeness (QED) is 0.433. The van der Waals surface area contributed by atoms with Gasteiger partial charge >= 0.3 is 0 Å². The molecule has 1 N–H and O–H groups in total. The van der Waals surface area contributed by atoms with Gasteiger partial charge in [-0.3, -0.25) is 4.79 Å². The molecule has 0 radical (unpaired) electrons. The minimum Gasteiger partial charge on any atom is -0.494 e. The van der Waals surface area contributed by atoms with Gasteiger partial charge in [-0.05, 0) is 25.0 Å². The summed E-state index contributed by atoms with van der Waals surface area (Å²) in [5.41, 5.74) is 0.661. The number of aliphatic hydroxyl groups is 1. The number of carbonyl (C=O) groups is 1. The minimum atomic E-state index is 0.329. The van der Waals surface area contributed by atoms with Gasteiger partial charge in [0.1, 0.15) is 12.0 Å². The van der Waals surface area contributed by atoms with E-state index >= 15 is 0 Å². The van der Waals surface area contributed by atoms with Crippen molar-refractivity contribution >= 4 is 6.29 Å². The first-order valence-corrected chi connectivity index (χ1v) is 8.15. The third-order valence-electron chi connectivity index (χ3n) is 3.57. The molecule has 0 saturated carbocycles. The lowest BCUT2D eigenvalue weighted by Crippen LogP contribution is -1.97. The summed E-state index contributed by atoms with van der Waals surface area (Å²) in [7, 11) is 0. The molecule has 0 amide bonds. The Morgan fingerprint density at radius 1 is 0.905 bits per heavy atom. The summed E-state index contributed by atoms with van der Waals surface area (Å²) in [6.07, 6.45) is 11.6. The average Bonchev–Trinajstić information content (AvgIpc) is 2.53. The van der Waals surface area contributed by atoms with E-state index < -0.39 is 0 Å². The SMILES string of the molecule is O=Cc1cccc(OCCCCCCCCCCCO)c1. The fourth-order valence-electron chi connectivity index (χ4n) is 2.32. The molecule has 1 aromatic rings. The van der Waals surface area contributed by atoms with E-state index in [2.05, 4.69) is 0 Å². The molecule has 1 aromatic carbocycles. The largest absolute Gasteiger partial charge is 0.494 e. The van der Waals surface area contributed by atoms with Crippen molar-refractivity contribution in [1.29, 1.82) is 0 Å². The smallest absolute Gasteiger partial charge is 0.150 e. The number of ether oxygens (including phenoxy) is 1. The molecule has 0 unspecified atom stereocenters. The molecule has 0 saturated heterocycles. The van der Waals surface area contributed by atoms with E-state index in [0.717, 1.165) is 37.9 Å². The van der Waals surface area contributed by atoms with Gasteiger partial charge in [0, 0.05) is 12.2 Å². The standard InChI is InChI=1S/C18H28O3/c19-13-8-6-4-2-1-3-5-7-9-14-21-18-12-10-11-17(15-18)16-20/h10-12,15-16,19H,1-9,13-14H2. The summed E-state index contributed by atoms with van der Waals surface area (Å²) in [5, 5.41) is 8.67. The molecule has 3 nitrogen and oxygen atoms in total. The molecule has 118 valence electrons. The van der Waals surface area contributed by atoms with Gasteiger partial charge in [0.05, 0.1) is 6.61 Å². The minimum absolute atomic E-state index is 0.329. The van der Waals surface area contributed by atoms with Crippen molar-refractivity contribution < 1.29 is 14.6 Å². The lowest BCUT2D eigenvalue weighted by molar-refractivity contribution is 0.112. The van der Waals surface area contributed by atoms with Crippen molar-refractivity contribution in [2.75, 3.05) is 13.2 Å². The molecule has 21 heavy (non-hydrogen) atoms. The number of unbranched alkanes of at least 4 members (excludes halogenated alkanes) is 8. The number of aliphatic hydroxyl groups excluding tert-OH is 1. The van der Waals surface area contributed by atoms with Crippen LogP contribution in [-0.4, -0.2) is 24.6 Å². The van der Waals surface area contributed by atoms with Crippen molar-refractivity contribution in [3.8, 4) is 5.75 Å². The zero-order chi connectivity index (χ0) is 15.2. The van der Waals surface area contributed by atoms with Gasteiger partial charge in [0.15, 0.2) is 0 Å². The normalized spacial score (nSPS) is 10.5. The summed E-state index contributed by atoms with van der Waals surface area (Å²) in [4.78, 5) is 10.7. The fourth-order valence-corrected chi connectivity index (χ4v) is 2.32. The van der Waals surface area contributed by atoms with Crippen molar-refractivity contribution in [3.63, 3.8) is 0 Å². The summed E-state index contributed by atoms with van der Waals surface area (Å²) in [6, 6.07) is 7.29. The van der Waals surface area contributed by atoms with Crippen LogP contribution >= 0.6 is 0 Å². The number of benzene rings is 1. The Kier molecular flexibility index (Phi) is 10.4. The third-order valence-corrected chi connectivity index (χ3v) is 3.57. The van der Waals surface area contributed by atoms with Crippen LogP contribution in [0.5, 0.6) is 5.75 Å². The zero-order valence-corrected chi connectivity index (χ0v) is 12.9. The van der Waals surface area contributed by atoms with E-state index in [0.29, 0.717) is 12.2 Å². The molecule has 1 rings (SSSR count). The molecule has 0 heterocycles. The average molecular weight is 292 g/mol. The summed E-state index contributed by atoms with van der Waals surface area (Å²) in [6.45, 7) is 1.05. The summed E-state index contributed by atoms with van der Waals surface area (Å²) >= 11 is 0. The Labute approximate surface area is 128 Å². The maximum atomic E-state index is 10.7. The number of rotatable bonds is 13. The van der Waals surface area contributed by atoms with Crippen LogP contribution in [0.25, 0.3) is 0 Å². The van der Waals surface area contributed by atoms with Gasteiger partial charge in [-0.1, -0.05) is 57.1 Å². The van der Waals surface area contributed by atoms with E-state index in [1.807, 2.05) is 12.1 Å². The highest BCUT2D eigenvalue weighted by atomic mass is 16.5. The molecule has 0 aliphatic carbocycles. The van der Waals surface area contributed by atoms with E-state index in [9.17, 15) is 4.79 Å². The van der Waals surface area contributed by atoms with Crippen LogP contribution < -0.4 is 4.74 Å². The Hall–Kier alpha value is -1.35. The molecular weight excluding hydrogens is 264 g/mol. The van der Waals surface area contributed by atoms with Crippen LogP contribution in [0, 0.1) is 0 Å². The van der Waals surface area contributed by atoms with Crippen molar-refractivity contribution in [2.24, 2.45) is 0 Å². The Balaban J connectivity index is 1.91. The molecule has 0 atom stereocenters. The number of aldehydes is 1. The van der Waals surface area contributed by atoms with Crippen molar-refractivity contribution in [3.05, 3.63) is 29.8 Å². The molecular formula is C18H28O3. The first-order valence-electron chi connectivity index (χ1n) is 8.15. The van der Waals surface area contributed by atoms with Crippen LogP contribution in [0.15, 0.2) is 24.3 Å². The monoisotopic (exact) mass is 292 g/mol. The molecule has 0 aliphatic heterocycles. The molecule has 0 aliphatic rings. The molecule has 0 spiro atoms. The molecule has 0 bridgehead atoms. The first-order chi connectivity index (χ1) is 10.4. The second-order valence-electron chi connectivity index (χ2n) is 5.44. The first kappa shape index (κ1) is 17.7. The van der Waals surface area contributed by atoms with E-state index in [1.54, 1.807) is 12.1 Å². The zero-order valence-electron chi connectivity index (χ0n) is 12.9. The van der Waals surface area contributed by atoms with Crippen molar-refractivity contribution in [1.82, 2.24) is 0 Å². The van der Waals surface area contributed by atoms with Crippen LogP contribution in [-0.2, 0) is 0 Å². The number of hydrogen-bond donors (Lipinski definition) is 1. The molecule has 0 fully saturated rings. The fraction of sp³-hybridized carbons (Fsp3) is 0.611. The molecule has 0 aromatic heterocycles. The van der Waals surface area contributed by atoms with Crippen LogP contribution in [0.3, 0.4) is 0 Å². The van der Waals surface area contributed by atoms with Crippen LogP contribution in [0.1, 0.15) is 68.1 Å². The third kappa shape index (κ3) is 9.24. The predicted octanol–water partition coefficient (Wildman–Crippen LogP) is 4.38. The van der Waals surface area contributed by atoms with Gasteiger partial charge in [-0.25, -0.2) is 0 Å². The van der Waals surface area contributed by atoms with Gasteiger partial charge in [-0.2, -0.15) is 0 Å². The highest BCUT2D eigenvalue weighted by Gasteiger charge is 1.96. The molecule has 3 heteroatoms. The van der Waals surface area contributed by atoms with Crippen molar-refractivity contribution in [2.45, 2.75) is 57.8 Å². The van der Waals surface area contributed by atoms with Gasteiger partial charge in [0.25, 0.3) is 0 Å². The van der Waals surface area contributed by atoms with Crippen LogP contribution in [0.4, 0.5) is 0 Å². The second-order valence-corrected chi connectivity index (χ2v) is 5.44. The van der Waals surface area contributed by atoms with Gasteiger partial charge < -0.3 is 9.84 Å². The Bertz CT molecular complexity index is 376. The number of hydrogen-bond acceptors (Lipinski definition) is 3.